The van der Waals surface area contributed by atoms with Gasteiger partial charge in [-0.15, -0.1) is 0 Å². The summed E-state index contributed by atoms with van der Waals surface area (Å²) in [6.07, 6.45) is 5.34. The highest BCUT2D eigenvalue weighted by Crippen LogP contribution is 2.22. The number of aromatic nitrogens is 1. The third kappa shape index (κ3) is 5.92. The van der Waals surface area contributed by atoms with Gasteiger partial charge in [-0.25, -0.2) is 0 Å². The third-order valence-corrected chi connectivity index (χ3v) is 4.24. The number of hydrogen-bond acceptors (Lipinski definition) is 5. The van der Waals surface area contributed by atoms with Crippen molar-refractivity contribution in [3.8, 4) is 11.5 Å². The van der Waals surface area contributed by atoms with Gasteiger partial charge in [0.05, 0.1) is 6.54 Å². The first-order chi connectivity index (χ1) is 14.2. The van der Waals surface area contributed by atoms with Crippen molar-refractivity contribution in [2.24, 2.45) is 5.73 Å². The van der Waals surface area contributed by atoms with Gasteiger partial charge in [0, 0.05) is 35.5 Å². The maximum atomic E-state index is 12.2. The van der Waals surface area contributed by atoms with Crippen LogP contribution in [0.1, 0.15) is 6.92 Å². The second-order valence-electron chi connectivity index (χ2n) is 6.36. The van der Waals surface area contributed by atoms with Gasteiger partial charge in [-0.3, -0.25) is 9.78 Å². The van der Waals surface area contributed by atoms with Gasteiger partial charge in [0.1, 0.15) is 11.5 Å². The summed E-state index contributed by atoms with van der Waals surface area (Å²) in [5.41, 5.74) is 7.57. The molecule has 0 aliphatic heterocycles. The number of nitrogens with two attached hydrogens (primary N) is 1. The molecule has 0 saturated heterocycles. The highest BCUT2D eigenvalue weighted by molar-refractivity contribution is 5.92. The molecule has 0 spiro atoms. The van der Waals surface area contributed by atoms with Gasteiger partial charge in [0.25, 0.3) is 0 Å². The lowest BCUT2D eigenvalue weighted by molar-refractivity contribution is -0.115. The van der Waals surface area contributed by atoms with Crippen molar-refractivity contribution < 1.29 is 9.53 Å². The third-order valence-electron chi connectivity index (χ3n) is 4.24. The van der Waals surface area contributed by atoms with E-state index in [1.165, 1.54) is 0 Å². The van der Waals surface area contributed by atoms with Crippen LogP contribution >= 0.6 is 0 Å². The molecule has 0 bridgehead atoms. The van der Waals surface area contributed by atoms with Crippen molar-refractivity contribution in [1.82, 2.24) is 10.3 Å². The molecule has 0 radical (unpaired) electrons. The first-order valence-corrected chi connectivity index (χ1v) is 9.34. The van der Waals surface area contributed by atoms with E-state index in [9.17, 15) is 4.79 Å². The van der Waals surface area contributed by atoms with Crippen molar-refractivity contribution in [1.29, 1.82) is 0 Å². The minimum absolute atomic E-state index is 0.143. The maximum absolute atomic E-state index is 12.2. The zero-order valence-corrected chi connectivity index (χ0v) is 16.3. The van der Waals surface area contributed by atoms with E-state index < -0.39 is 0 Å². The summed E-state index contributed by atoms with van der Waals surface area (Å²) in [4.78, 5) is 16.1. The van der Waals surface area contributed by atoms with E-state index in [1.54, 1.807) is 48.8 Å². The van der Waals surface area contributed by atoms with Gasteiger partial charge in [-0.2, -0.15) is 0 Å². The summed E-state index contributed by atoms with van der Waals surface area (Å²) < 4.78 is 5.71. The normalized spacial score (nSPS) is 12.4. The zero-order valence-electron chi connectivity index (χ0n) is 16.3. The SMILES string of the molecule is C/C=c1/cccc/c1=C(/N)CNCC(=O)Nc1ccc(Oc2ccncc2)cc1. The molecule has 3 aromatic rings. The molecule has 1 heterocycles. The lowest BCUT2D eigenvalue weighted by Gasteiger charge is -2.09. The Morgan fingerprint density at radius 1 is 1.00 bits per heavy atom. The molecule has 0 aliphatic carbocycles. The summed E-state index contributed by atoms with van der Waals surface area (Å²) in [6, 6.07) is 18.6. The summed E-state index contributed by atoms with van der Waals surface area (Å²) in [5.74, 6) is 1.24. The van der Waals surface area contributed by atoms with Crippen molar-refractivity contribution in [3.05, 3.63) is 83.5 Å². The predicted octanol–water partition coefficient (Wildman–Crippen LogP) is 1.97. The number of pyridine rings is 1. The second-order valence-corrected chi connectivity index (χ2v) is 6.36. The Bertz CT molecular complexity index is 1060. The molecule has 0 saturated carbocycles. The van der Waals surface area contributed by atoms with Crippen LogP contribution in [-0.2, 0) is 4.79 Å². The fourth-order valence-corrected chi connectivity index (χ4v) is 2.80. The average molecular weight is 388 g/mol. The van der Waals surface area contributed by atoms with Crippen LogP contribution < -0.4 is 31.5 Å². The highest BCUT2D eigenvalue weighted by Gasteiger charge is 2.04. The van der Waals surface area contributed by atoms with E-state index in [-0.39, 0.29) is 12.5 Å². The Morgan fingerprint density at radius 2 is 1.69 bits per heavy atom. The Hall–Kier alpha value is -3.64. The van der Waals surface area contributed by atoms with Crippen LogP contribution in [0.15, 0.2) is 73.1 Å². The fourth-order valence-electron chi connectivity index (χ4n) is 2.80. The molecule has 0 aliphatic rings. The fraction of sp³-hybridized carbons (Fsp3) is 0.130. The highest BCUT2D eigenvalue weighted by atomic mass is 16.5. The summed E-state index contributed by atoms with van der Waals surface area (Å²) in [6.45, 7) is 2.56. The molecule has 6 nitrogen and oxygen atoms in total. The summed E-state index contributed by atoms with van der Waals surface area (Å²) in [5, 5.41) is 7.98. The van der Waals surface area contributed by atoms with Gasteiger partial charge >= 0.3 is 0 Å². The smallest absolute Gasteiger partial charge is 0.238 e. The Kier molecular flexibility index (Phi) is 6.97. The van der Waals surface area contributed by atoms with Crippen LogP contribution in [0.25, 0.3) is 11.8 Å². The van der Waals surface area contributed by atoms with Crippen LogP contribution in [0.2, 0.25) is 0 Å². The molecule has 2 aromatic carbocycles. The topological polar surface area (TPSA) is 89.3 Å². The molecular formula is C23H24N4O2. The number of rotatable bonds is 7. The molecular weight excluding hydrogens is 364 g/mol. The van der Waals surface area contributed by atoms with Gasteiger partial charge in [-0.1, -0.05) is 30.3 Å². The molecule has 0 atom stereocenters. The van der Waals surface area contributed by atoms with E-state index in [1.807, 2.05) is 37.3 Å². The van der Waals surface area contributed by atoms with Gasteiger partial charge in [0.15, 0.2) is 0 Å². The quantitative estimate of drug-likeness (QED) is 0.576. The van der Waals surface area contributed by atoms with Crippen LogP contribution in [0.5, 0.6) is 11.5 Å². The first kappa shape index (κ1) is 20.1. The monoisotopic (exact) mass is 388 g/mol. The summed E-state index contributed by atoms with van der Waals surface area (Å²) >= 11 is 0. The van der Waals surface area contributed by atoms with E-state index in [0.717, 1.165) is 10.4 Å². The Balaban J connectivity index is 1.51. The number of nitrogens with zero attached hydrogens (tertiary/aromatic N) is 1. The van der Waals surface area contributed by atoms with Crippen molar-refractivity contribution >= 4 is 23.4 Å². The maximum Gasteiger partial charge on any atom is 0.238 e. The van der Waals surface area contributed by atoms with Crippen LogP contribution in [-0.4, -0.2) is 24.0 Å². The predicted molar refractivity (Wildman–Crippen MR) is 116 cm³/mol. The minimum Gasteiger partial charge on any atom is -0.457 e. The standard InChI is InChI=1S/C23H24N4O2/c1-2-17-5-3-4-6-21(17)22(24)15-26-16-23(28)27-18-7-9-19(10-8-18)29-20-11-13-25-14-12-20/h2-14,26H,15-16,24H2,1H3,(H,27,28)/b17-2-,22-21-. The van der Waals surface area contributed by atoms with Crippen LogP contribution in [0.4, 0.5) is 5.69 Å². The molecule has 0 unspecified atom stereocenters. The molecule has 1 aromatic heterocycles. The van der Waals surface area contributed by atoms with E-state index in [4.69, 9.17) is 10.5 Å². The molecule has 1 amide bonds. The lowest BCUT2D eigenvalue weighted by atomic mass is 10.2. The summed E-state index contributed by atoms with van der Waals surface area (Å²) in [7, 11) is 0. The van der Waals surface area contributed by atoms with Gasteiger partial charge in [-0.05, 0) is 48.5 Å². The number of hydrogen-bond donors (Lipinski definition) is 3. The van der Waals surface area contributed by atoms with Crippen molar-refractivity contribution in [3.63, 3.8) is 0 Å². The van der Waals surface area contributed by atoms with E-state index in [0.29, 0.717) is 29.4 Å². The van der Waals surface area contributed by atoms with Crippen molar-refractivity contribution in [2.75, 3.05) is 18.4 Å². The number of anilines is 1. The zero-order chi connectivity index (χ0) is 20.5. The molecule has 4 N–H and O–H groups in total. The number of carbonyl (C=O) groups is 1. The number of carbonyl (C=O) groups excluding carboxylic acids is 1. The average Bonchev–Trinajstić information content (AvgIpc) is 2.75. The number of benzene rings is 2. The lowest BCUT2D eigenvalue weighted by Crippen LogP contribution is -2.36. The molecule has 0 fully saturated rings. The Morgan fingerprint density at radius 3 is 2.41 bits per heavy atom. The molecule has 6 heteroatoms. The number of ether oxygens (including phenoxy) is 1. The molecule has 29 heavy (non-hydrogen) atoms. The van der Waals surface area contributed by atoms with Crippen LogP contribution in [0.3, 0.4) is 0 Å². The number of nitrogens with one attached hydrogen (secondary N) is 2. The number of amides is 1. The molecule has 148 valence electrons. The Labute approximate surface area is 169 Å². The largest absolute Gasteiger partial charge is 0.457 e. The van der Waals surface area contributed by atoms with Gasteiger partial charge in [0.2, 0.25) is 5.91 Å². The van der Waals surface area contributed by atoms with Crippen molar-refractivity contribution in [2.45, 2.75) is 6.92 Å². The van der Waals surface area contributed by atoms with Gasteiger partial charge < -0.3 is 21.1 Å². The molecule has 3 rings (SSSR count). The minimum atomic E-state index is -0.143. The first-order valence-electron chi connectivity index (χ1n) is 9.34. The van der Waals surface area contributed by atoms with E-state index in [2.05, 4.69) is 15.6 Å². The van der Waals surface area contributed by atoms with Crippen LogP contribution in [0, 0.1) is 0 Å². The van der Waals surface area contributed by atoms with E-state index >= 15 is 0 Å². The second kappa shape index (κ2) is 10.1.